The summed E-state index contributed by atoms with van der Waals surface area (Å²) in [7, 11) is 0. The summed E-state index contributed by atoms with van der Waals surface area (Å²) in [5.74, 6) is 1.28. The van der Waals surface area contributed by atoms with Crippen LogP contribution in [0.2, 0.25) is 0 Å². The Kier molecular flexibility index (Phi) is 3.38. The molecule has 1 heterocycles. The summed E-state index contributed by atoms with van der Waals surface area (Å²) in [6.07, 6.45) is 1.08. The van der Waals surface area contributed by atoms with Gasteiger partial charge in [-0.2, -0.15) is 10.2 Å². The van der Waals surface area contributed by atoms with Gasteiger partial charge >= 0.3 is 0 Å². The van der Waals surface area contributed by atoms with Gasteiger partial charge in [0.25, 0.3) is 0 Å². The van der Waals surface area contributed by atoms with Crippen LogP contribution < -0.4 is 5.73 Å². The van der Waals surface area contributed by atoms with Crippen LogP contribution in [0.5, 0.6) is 0 Å². The maximum atomic E-state index is 5.96. The number of azo groups is 1. The van der Waals surface area contributed by atoms with E-state index in [0.717, 1.165) is 17.8 Å². The number of anilines is 1. The van der Waals surface area contributed by atoms with Crippen molar-refractivity contribution in [2.75, 3.05) is 5.73 Å². The van der Waals surface area contributed by atoms with Crippen LogP contribution in [0.1, 0.15) is 29.5 Å². The third kappa shape index (κ3) is 2.73. The Labute approximate surface area is 134 Å². The molecule has 2 atom stereocenters. The highest BCUT2D eigenvalue weighted by Crippen LogP contribution is 2.56. The summed E-state index contributed by atoms with van der Waals surface area (Å²) in [5, 5.41) is 15.8. The second-order valence-electron chi connectivity index (χ2n) is 5.77. The lowest BCUT2D eigenvalue weighted by Crippen LogP contribution is -1.85. The molecule has 0 radical (unpaired) electrons. The summed E-state index contributed by atoms with van der Waals surface area (Å²) in [6.45, 7) is 0. The number of hydrogen-bond acceptors (Lipinski definition) is 4. The second-order valence-corrected chi connectivity index (χ2v) is 5.77. The van der Waals surface area contributed by atoms with E-state index in [2.05, 4.69) is 44.7 Å². The number of aromatic amines is 1. The zero-order chi connectivity index (χ0) is 15.6. The van der Waals surface area contributed by atoms with E-state index in [1.165, 1.54) is 5.56 Å². The van der Waals surface area contributed by atoms with E-state index >= 15 is 0 Å². The van der Waals surface area contributed by atoms with Crippen molar-refractivity contribution in [3.05, 3.63) is 71.9 Å². The van der Waals surface area contributed by atoms with Gasteiger partial charge in [-0.3, -0.25) is 5.10 Å². The monoisotopic (exact) mass is 303 g/mol. The second kappa shape index (κ2) is 5.68. The average Bonchev–Trinajstić information content (AvgIpc) is 3.32. The minimum Gasteiger partial charge on any atom is -0.380 e. The SMILES string of the molecule is Nc1n[nH]c(C2CC2c2ccccc2)c1N=Nc1ccccc1. The van der Waals surface area contributed by atoms with Gasteiger partial charge in [0.05, 0.1) is 11.4 Å². The Morgan fingerprint density at radius 3 is 2.35 bits per heavy atom. The Balaban J connectivity index is 1.59. The van der Waals surface area contributed by atoms with Crippen LogP contribution in [-0.4, -0.2) is 10.2 Å². The Morgan fingerprint density at radius 1 is 0.913 bits per heavy atom. The van der Waals surface area contributed by atoms with Crippen LogP contribution in [0.4, 0.5) is 17.2 Å². The lowest BCUT2D eigenvalue weighted by molar-refractivity contribution is 0.931. The number of rotatable bonds is 4. The number of aromatic nitrogens is 2. The van der Waals surface area contributed by atoms with E-state index in [4.69, 9.17) is 5.73 Å². The molecular weight excluding hydrogens is 286 g/mol. The number of hydrogen-bond donors (Lipinski definition) is 2. The standard InChI is InChI=1S/C18H17N5/c19-18-17(22-20-13-9-5-2-6-10-13)16(21-23-18)15-11-14(15)12-7-3-1-4-8-12/h1-10,14-15H,11H2,(H3,19,21,23). The molecule has 5 nitrogen and oxygen atoms in total. The van der Waals surface area contributed by atoms with Crippen LogP contribution in [-0.2, 0) is 0 Å². The highest BCUT2D eigenvalue weighted by atomic mass is 15.2. The zero-order valence-electron chi connectivity index (χ0n) is 12.6. The average molecular weight is 303 g/mol. The number of nitrogens with two attached hydrogens (primary N) is 1. The molecule has 3 aromatic rings. The van der Waals surface area contributed by atoms with Gasteiger partial charge in [-0.15, -0.1) is 5.11 Å². The van der Waals surface area contributed by atoms with E-state index in [1.807, 2.05) is 36.4 Å². The number of nitrogen functional groups attached to an aromatic ring is 1. The van der Waals surface area contributed by atoms with E-state index < -0.39 is 0 Å². The molecule has 3 N–H and O–H groups in total. The summed E-state index contributed by atoms with van der Waals surface area (Å²) in [5.41, 5.74) is 9.75. The fourth-order valence-corrected chi connectivity index (χ4v) is 2.91. The molecule has 5 heteroatoms. The molecule has 0 amide bonds. The predicted octanol–water partition coefficient (Wildman–Crippen LogP) is 4.68. The Morgan fingerprint density at radius 2 is 1.61 bits per heavy atom. The van der Waals surface area contributed by atoms with Crippen molar-refractivity contribution in [1.82, 2.24) is 10.2 Å². The first-order chi connectivity index (χ1) is 11.3. The highest BCUT2D eigenvalue weighted by Gasteiger charge is 2.42. The Hall–Kier alpha value is -2.95. The highest BCUT2D eigenvalue weighted by molar-refractivity contribution is 5.63. The number of H-pyrrole nitrogens is 1. The van der Waals surface area contributed by atoms with Crippen molar-refractivity contribution in [2.45, 2.75) is 18.3 Å². The molecule has 1 aliphatic carbocycles. The first-order valence-corrected chi connectivity index (χ1v) is 7.68. The fraction of sp³-hybridized carbons (Fsp3) is 0.167. The first-order valence-electron chi connectivity index (χ1n) is 7.68. The van der Waals surface area contributed by atoms with Crippen LogP contribution in [0.3, 0.4) is 0 Å². The predicted molar refractivity (Wildman–Crippen MR) is 90.2 cm³/mol. The van der Waals surface area contributed by atoms with Gasteiger partial charge in [-0.1, -0.05) is 48.5 Å². The van der Waals surface area contributed by atoms with E-state index in [0.29, 0.717) is 23.3 Å². The first kappa shape index (κ1) is 13.7. The maximum Gasteiger partial charge on any atom is 0.173 e. The lowest BCUT2D eigenvalue weighted by atomic mass is 10.1. The van der Waals surface area contributed by atoms with E-state index in [-0.39, 0.29) is 0 Å². The van der Waals surface area contributed by atoms with Crippen LogP contribution >= 0.6 is 0 Å². The molecule has 4 rings (SSSR count). The third-order valence-corrected chi connectivity index (χ3v) is 4.21. The number of nitrogens with zero attached hydrogens (tertiary/aromatic N) is 3. The van der Waals surface area contributed by atoms with Crippen molar-refractivity contribution in [3.63, 3.8) is 0 Å². The molecule has 2 aromatic carbocycles. The van der Waals surface area contributed by atoms with Crippen LogP contribution in [0.25, 0.3) is 0 Å². The molecule has 23 heavy (non-hydrogen) atoms. The molecule has 0 bridgehead atoms. The van der Waals surface area contributed by atoms with Gasteiger partial charge in [-0.25, -0.2) is 0 Å². The normalized spacial score (nSPS) is 20.0. The van der Waals surface area contributed by atoms with Crippen molar-refractivity contribution in [3.8, 4) is 0 Å². The minimum atomic E-state index is 0.381. The lowest BCUT2D eigenvalue weighted by Gasteiger charge is -2.00. The van der Waals surface area contributed by atoms with Gasteiger partial charge in [0, 0.05) is 5.92 Å². The molecule has 114 valence electrons. The summed E-state index contributed by atoms with van der Waals surface area (Å²) >= 11 is 0. The topological polar surface area (TPSA) is 79.4 Å². The molecule has 1 fully saturated rings. The third-order valence-electron chi connectivity index (χ3n) is 4.21. The molecular formula is C18H17N5. The van der Waals surface area contributed by atoms with Crippen molar-refractivity contribution < 1.29 is 0 Å². The van der Waals surface area contributed by atoms with Crippen molar-refractivity contribution in [2.24, 2.45) is 10.2 Å². The summed E-state index contributed by atoms with van der Waals surface area (Å²) in [4.78, 5) is 0. The molecule has 1 aliphatic rings. The zero-order valence-corrected chi connectivity index (χ0v) is 12.6. The number of benzene rings is 2. The van der Waals surface area contributed by atoms with Crippen molar-refractivity contribution >= 4 is 17.2 Å². The molecule has 1 aromatic heterocycles. The van der Waals surface area contributed by atoms with E-state index in [1.54, 1.807) is 0 Å². The maximum absolute atomic E-state index is 5.96. The molecule has 0 saturated heterocycles. The smallest absolute Gasteiger partial charge is 0.173 e. The largest absolute Gasteiger partial charge is 0.380 e. The summed E-state index contributed by atoms with van der Waals surface area (Å²) in [6, 6.07) is 20.1. The van der Waals surface area contributed by atoms with Gasteiger partial charge in [0.1, 0.15) is 0 Å². The van der Waals surface area contributed by atoms with Gasteiger partial charge in [0.15, 0.2) is 11.5 Å². The quantitative estimate of drug-likeness (QED) is 0.686. The Bertz CT molecular complexity index is 823. The minimum absolute atomic E-state index is 0.381. The van der Waals surface area contributed by atoms with Crippen LogP contribution in [0.15, 0.2) is 70.9 Å². The van der Waals surface area contributed by atoms with Gasteiger partial charge < -0.3 is 5.73 Å². The van der Waals surface area contributed by atoms with Crippen molar-refractivity contribution in [1.29, 1.82) is 0 Å². The van der Waals surface area contributed by atoms with E-state index in [9.17, 15) is 0 Å². The number of nitrogens with one attached hydrogen (secondary N) is 1. The fourth-order valence-electron chi connectivity index (χ4n) is 2.91. The van der Waals surface area contributed by atoms with Gasteiger partial charge in [-0.05, 0) is 30.0 Å². The van der Waals surface area contributed by atoms with Gasteiger partial charge in [0.2, 0.25) is 0 Å². The summed E-state index contributed by atoms with van der Waals surface area (Å²) < 4.78 is 0. The molecule has 1 saturated carbocycles. The molecule has 0 spiro atoms. The molecule has 0 aliphatic heterocycles. The molecule has 2 unspecified atom stereocenters. The van der Waals surface area contributed by atoms with Crippen LogP contribution in [0, 0.1) is 0 Å².